The van der Waals surface area contributed by atoms with Gasteiger partial charge in [0.05, 0.1) is 29.2 Å². The van der Waals surface area contributed by atoms with Gasteiger partial charge in [0.1, 0.15) is 17.9 Å². The number of rotatable bonds is 2. The molecule has 7 heterocycles. The van der Waals surface area contributed by atoms with Crippen LogP contribution in [0, 0.1) is 0 Å². The molecule has 6 aromatic carbocycles. The van der Waals surface area contributed by atoms with Crippen molar-refractivity contribution in [3.8, 4) is 39.4 Å². The van der Waals surface area contributed by atoms with E-state index in [1.54, 1.807) is 0 Å². The van der Waals surface area contributed by atoms with Crippen LogP contribution in [0.1, 0.15) is 16.7 Å². The number of quaternary nitrogens is 1. The fraction of sp³-hybridized carbons (Fsp3) is 0.0638. The van der Waals surface area contributed by atoms with Gasteiger partial charge in [0.25, 0.3) is 0 Å². The summed E-state index contributed by atoms with van der Waals surface area (Å²) in [5, 5.41) is 0. The SMILES string of the molecule is c1ccc(-c2ccc(-c3cn4[n+](c3)C35c6c(cccc6[N+]6(CCc7ccccc76)c6cccc[n+]63)N3c6ccccc6Oc6ccc-4c5c63)cc2)cc1. The Hall–Kier alpha value is -6.76. The molecule has 0 saturated carbocycles. The van der Waals surface area contributed by atoms with Crippen LogP contribution in [-0.4, -0.2) is 11.2 Å². The monoisotopic (exact) mass is 682 g/mol. The fourth-order valence-electron chi connectivity index (χ4n) is 10.3. The van der Waals surface area contributed by atoms with E-state index in [9.17, 15) is 0 Å². The molecule has 5 aliphatic rings. The third kappa shape index (κ3) is 3.17. The molecule has 0 saturated heterocycles. The van der Waals surface area contributed by atoms with Crippen LogP contribution < -0.4 is 23.4 Å². The van der Waals surface area contributed by atoms with Gasteiger partial charge in [0, 0.05) is 30.2 Å². The zero-order valence-electron chi connectivity index (χ0n) is 28.7. The van der Waals surface area contributed by atoms with E-state index in [2.05, 4.69) is 189 Å². The molecule has 13 rings (SSSR count). The molecule has 0 N–H and O–H groups in total. The normalized spacial score (nSPS) is 19.8. The quantitative estimate of drug-likeness (QED) is 0.134. The molecule has 8 aromatic rings. The Morgan fingerprint density at radius 3 is 2.21 bits per heavy atom. The third-order valence-corrected chi connectivity index (χ3v) is 12.4. The highest BCUT2D eigenvalue weighted by Gasteiger charge is 2.76. The van der Waals surface area contributed by atoms with Gasteiger partial charge in [-0.25, -0.2) is 0 Å². The maximum Gasteiger partial charge on any atom is 0.453 e. The second-order valence-corrected chi connectivity index (χ2v) is 14.7. The standard InChI is InChI=1S/C47H32N5O/c1-2-11-31(12-3-1)32-20-22-33(23-21-32)35-29-49-37-24-25-42-46-45(37)47(50(49)30-35)44-38(51(46)36-14-5-7-18-41(36)53-42)15-10-17-40(44)52(43-19-8-9-27-48(43)47)28-26-34-13-4-6-16-39(34)52/h1-25,27,29-30H,26,28H2/q+3. The van der Waals surface area contributed by atoms with Gasteiger partial charge in [0.15, 0.2) is 40.2 Å². The molecule has 2 atom stereocenters. The van der Waals surface area contributed by atoms with Crippen LogP contribution in [-0.2, 0) is 12.1 Å². The zero-order valence-corrected chi connectivity index (χ0v) is 28.7. The van der Waals surface area contributed by atoms with E-state index in [0.717, 1.165) is 41.5 Å². The van der Waals surface area contributed by atoms with Crippen LogP contribution in [0.3, 0.4) is 0 Å². The average molecular weight is 683 g/mol. The topological polar surface area (TPSA) is 25.2 Å². The first kappa shape index (κ1) is 27.9. The van der Waals surface area contributed by atoms with Gasteiger partial charge in [-0.1, -0.05) is 95.6 Å². The van der Waals surface area contributed by atoms with Crippen LogP contribution in [0.15, 0.2) is 170 Å². The van der Waals surface area contributed by atoms with Crippen LogP contribution in [0.4, 0.5) is 34.3 Å². The molecule has 0 fully saturated rings. The maximum atomic E-state index is 6.78. The summed E-state index contributed by atoms with van der Waals surface area (Å²) in [6, 6.07) is 55.3. The van der Waals surface area contributed by atoms with E-state index < -0.39 is 5.66 Å². The van der Waals surface area contributed by atoms with Crippen molar-refractivity contribution in [1.29, 1.82) is 0 Å². The molecule has 5 aliphatic heterocycles. The lowest BCUT2D eigenvalue weighted by Crippen LogP contribution is -2.78. The summed E-state index contributed by atoms with van der Waals surface area (Å²) in [7, 11) is 0. The number of nitrogens with zero attached hydrogens (tertiary/aromatic N) is 5. The number of ether oxygens (including phenoxy) is 1. The van der Waals surface area contributed by atoms with E-state index in [1.807, 2.05) is 0 Å². The van der Waals surface area contributed by atoms with Crippen LogP contribution >= 0.6 is 0 Å². The first-order valence-electron chi connectivity index (χ1n) is 18.4. The van der Waals surface area contributed by atoms with Gasteiger partial charge in [-0.05, 0) is 57.8 Å². The molecule has 53 heavy (non-hydrogen) atoms. The number of benzene rings is 6. The summed E-state index contributed by atoms with van der Waals surface area (Å²) in [5.74, 6) is 3.00. The van der Waals surface area contributed by atoms with Crippen molar-refractivity contribution in [2.24, 2.45) is 0 Å². The second-order valence-electron chi connectivity index (χ2n) is 14.7. The van der Waals surface area contributed by atoms with Crippen LogP contribution in [0.5, 0.6) is 11.5 Å². The third-order valence-electron chi connectivity index (χ3n) is 12.4. The predicted octanol–water partition coefficient (Wildman–Crippen LogP) is 9.73. The summed E-state index contributed by atoms with van der Waals surface area (Å²) < 4.78 is 14.9. The molecule has 2 spiro atoms. The van der Waals surface area contributed by atoms with E-state index in [-0.39, 0.29) is 0 Å². The summed E-state index contributed by atoms with van der Waals surface area (Å²) >= 11 is 0. The van der Waals surface area contributed by atoms with Gasteiger partial charge in [-0.15, -0.1) is 4.68 Å². The smallest absolute Gasteiger partial charge is 0.453 e. The first-order valence-corrected chi connectivity index (χ1v) is 18.4. The minimum absolute atomic E-state index is 0.674. The van der Waals surface area contributed by atoms with Gasteiger partial charge in [-0.3, -0.25) is 0 Å². The molecule has 2 unspecified atom stereocenters. The van der Waals surface area contributed by atoms with E-state index >= 15 is 0 Å². The Balaban J connectivity index is 1.15. The number of anilines is 3. The van der Waals surface area contributed by atoms with Gasteiger partial charge in [-0.2, -0.15) is 4.48 Å². The number of aromatic nitrogens is 3. The predicted molar refractivity (Wildman–Crippen MR) is 206 cm³/mol. The van der Waals surface area contributed by atoms with Crippen molar-refractivity contribution < 1.29 is 14.0 Å². The Bertz CT molecular complexity index is 2900. The fourth-order valence-corrected chi connectivity index (χ4v) is 10.3. The number of para-hydroxylation sites is 3. The number of pyridine rings is 1. The van der Waals surface area contributed by atoms with Gasteiger partial charge in [0.2, 0.25) is 6.20 Å². The Labute approximate surface area is 306 Å². The largest absolute Gasteiger partial charge is 0.453 e. The van der Waals surface area contributed by atoms with Crippen molar-refractivity contribution in [2.75, 3.05) is 11.4 Å². The molecule has 6 nitrogen and oxygen atoms in total. The summed E-state index contributed by atoms with van der Waals surface area (Å²) in [4.78, 5) is 2.48. The minimum atomic E-state index is -0.724. The Kier molecular flexibility index (Phi) is 5.03. The van der Waals surface area contributed by atoms with Crippen molar-refractivity contribution in [3.63, 3.8) is 0 Å². The van der Waals surface area contributed by atoms with E-state index in [1.165, 1.54) is 61.8 Å². The van der Waals surface area contributed by atoms with E-state index in [4.69, 9.17) is 4.74 Å². The van der Waals surface area contributed by atoms with Crippen molar-refractivity contribution >= 4 is 34.3 Å². The maximum absolute atomic E-state index is 6.78. The lowest BCUT2D eigenvalue weighted by atomic mass is 9.79. The molecular formula is C47H32N5O+3. The average Bonchev–Trinajstić information content (AvgIpc) is 3.91. The lowest BCUT2D eigenvalue weighted by Gasteiger charge is -2.44. The number of hydrogen-bond acceptors (Lipinski definition) is 2. The summed E-state index contributed by atoms with van der Waals surface area (Å²) in [5.41, 5.74) is 15.2. The summed E-state index contributed by atoms with van der Waals surface area (Å²) in [6.07, 6.45) is 8.02. The highest BCUT2D eigenvalue weighted by molar-refractivity contribution is 5.97. The molecule has 0 bridgehead atoms. The Morgan fingerprint density at radius 2 is 1.30 bits per heavy atom. The number of fused-ring (bicyclic) bond motifs is 10. The second kappa shape index (κ2) is 9.56. The highest BCUT2D eigenvalue weighted by atomic mass is 16.5. The van der Waals surface area contributed by atoms with Crippen LogP contribution in [0.25, 0.3) is 27.9 Å². The molecule has 0 amide bonds. The van der Waals surface area contributed by atoms with E-state index in [0.29, 0.717) is 4.48 Å². The number of hydrogen-bond donors (Lipinski definition) is 0. The van der Waals surface area contributed by atoms with Crippen molar-refractivity contribution in [2.45, 2.75) is 12.1 Å². The molecule has 0 aliphatic carbocycles. The van der Waals surface area contributed by atoms with Crippen molar-refractivity contribution in [1.82, 2.24) is 9.16 Å². The van der Waals surface area contributed by atoms with Crippen LogP contribution in [0.2, 0.25) is 0 Å². The minimum Gasteiger partial charge on any atom is -0.453 e. The lowest BCUT2D eigenvalue weighted by molar-refractivity contribution is -0.992. The first-order chi connectivity index (χ1) is 26.3. The molecular weight excluding hydrogens is 651 g/mol. The molecule has 2 aromatic heterocycles. The zero-order chi connectivity index (χ0) is 34.5. The summed E-state index contributed by atoms with van der Waals surface area (Å²) in [6.45, 7) is 0.958. The van der Waals surface area contributed by atoms with Gasteiger partial charge >= 0.3 is 11.5 Å². The van der Waals surface area contributed by atoms with Gasteiger partial charge < -0.3 is 9.64 Å². The molecule has 248 valence electrons. The molecule has 0 radical (unpaired) electrons. The van der Waals surface area contributed by atoms with Crippen molar-refractivity contribution in [3.05, 3.63) is 187 Å². The Morgan fingerprint density at radius 1 is 0.566 bits per heavy atom. The molecule has 6 heteroatoms. The highest BCUT2D eigenvalue weighted by Crippen LogP contribution is 2.66.